The van der Waals surface area contributed by atoms with Crippen molar-refractivity contribution in [1.29, 1.82) is 0 Å². The molecule has 0 bridgehead atoms. The number of ketones is 1. The smallest absolute Gasteiger partial charge is 0.308 e. The van der Waals surface area contributed by atoms with E-state index in [-0.39, 0.29) is 24.4 Å². The molecule has 1 N–H and O–H groups in total. The van der Waals surface area contributed by atoms with Crippen molar-refractivity contribution in [2.75, 3.05) is 18.1 Å². The maximum atomic E-state index is 13.0. The van der Waals surface area contributed by atoms with E-state index in [0.717, 1.165) is 17.7 Å². The molecular formula is C19H20N2O4. The highest BCUT2D eigenvalue weighted by molar-refractivity contribution is 6.03. The average Bonchev–Trinajstić information content (AvgIpc) is 3.04. The maximum absolute atomic E-state index is 13.0. The molecule has 2 heterocycles. The molecule has 1 unspecified atom stereocenters. The van der Waals surface area contributed by atoms with Crippen LogP contribution in [0.1, 0.15) is 29.3 Å². The zero-order valence-electron chi connectivity index (χ0n) is 14.0. The van der Waals surface area contributed by atoms with Crippen LogP contribution in [0, 0.1) is 0 Å². The van der Waals surface area contributed by atoms with E-state index in [9.17, 15) is 14.4 Å². The Balaban J connectivity index is 1.96. The standard InChI is InChI=1S/C19H20N2O4/c1-2-25-17(22)12-16(18(23)14-7-5-10-20-19(14)24)21-11-9-13-6-3-4-8-15(13)21/h3-8,10,16H,2,9,11-12H2,1H3,(H,20,24). The van der Waals surface area contributed by atoms with Crippen molar-refractivity contribution in [3.63, 3.8) is 0 Å². The first-order valence-electron chi connectivity index (χ1n) is 8.34. The van der Waals surface area contributed by atoms with Crippen molar-refractivity contribution in [1.82, 2.24) is 4.98 Å². The molecule has 0 aliphatic carbocycles. The summed E-state index contributed by atoms with van der Waals surface area (Å²) in [5.74, 6) is -0.816. The lowest BCUT2D eigenvalue weighted by molar-refractivity contribution is -0.143. The van der Waals surface area contributed by atoms with Crippen molar-refractivity contribution in [3.05, 3.63) is 64.1 Å². The summed E-state index contributed by atoms with van der Waals surface area (Å²) < 4.78 is 5.03. The third-order valence-corrected chi connectivity index (χ3v) is 4.35. The van der Waals surface area contributed by atoms with Gasteiger partial charge in [-0.2, -0.15) is 0 Å². The van der Waals surface area contributed by atoms with Crippen LogP contribution in [0.25, 0.3) is 0 Å². The summed E-state index contributed by atoms with van der Waals surface area (Å²) in [5, 5.41) is 0. The second-order valence-corrected chi connectivity index (χ2v) is 5.87. The molecular weight excluding hydrogens is 320 g/mol. The number of H-pyrrole nitrogens is 1. The van der Waals surface area contributed by atoms with Crippen LogP contribution in [0.15, 0.2) is 47.4 Å². The lowest BCUT2D eigenvalue weighted by Crippen LogP contribution is -2.43. The fourth-order valence-corrected chi connectivity index (χ4v) is 3.20. The topological polar surface area (TPSA) is 79.5 Å². The van der Waals surface area contributed by atoms with E-state index >= 15 is 0 Å². The van der Waals surface area contributed by atoms with Gasteiger partial charge in [-0.05, 0) is 37.1 Å². The van der Waals surface area contributed by atoms with Gasteiger partial charge in [-0.3, -0.25) is 14.4 Å². The van der Waals surface area contributed by atoms with E-state index in [1.165, 1.54) is 12.3 Å². The highest BCUT2D eigenvalue weighted by Gasteiger charge is 2.34. The quantitative estimate of drug-likeness (QED) is 0.642. The van der Waals surface area contributed by atoms with Crippen LogP contribution in [0.4, 0.5) is 5.69 Å². The number of anilines is 1. The summed E-state index contributed by atoms with van der Waals surface area (Å²) in [5.41, 5.74) is 1.67. The summed E-state index contributed by atoms with van der Waals surface area (Å²) in [6.45, 7) is 2.60. The molecule has 6 heteroatoms. The highest BCUT2D eigenvalue weighted by Crippen LogP contribution is 2.31. The van der Waals surface area contributed by atoms with Gasteiger partial charge in [-0.25, -0.2) is 0 Å². The van der Waals surface area contributed by atoms with Gasteiger partial charge < -0.3 is 14.6 Å². The minimum absolute atomic E-state index is 0.0566. The summed E-state index contributed by atoms with van der Waals surface area (Å²) in [4.78, 5) is 41.5. The van der Waals surface area contributed by atoms with Crippen molar-refractivity contribution in [3.8, 4) is 0 Å². The lowest BCUT2D eigenvalue weighted by atomic mass is 10.0. The fraction of sp³-hybridized carbons (Fsp3) is 0.316. The van der Waals surface area contributed by atoms with Crippen LogP contribution in [0.2, 0.25) is 0 Å². The number of benzene rings is 1. The molecule has 6 nitrogen and oxygen atoms in total. The van der Waals surface area contributed by atoms with Gasteiger partial charge in [0.1, 0.15) is 6.04 Å². The molecule has 1 aromatic heterocycles. The number of carbonyl (C=O) groups is 2. The number of nitrogens with one attached hydrogen (secondary N) is 1. The summed E-state index contributed by atoms with van der Waals surface area (Å²) in [7, 11) is 0. The van der Waals surface area contributed by atoms with Gasteiger partial charge in [0.05, 0.1) is 18.6 Å². The maximum Gasteiger partial charge on any atom is 0.308 e. The third-order valence-electron chi connectivity index (χ3n) is 4.35. The Kier molecular flexibility index (Phi) is 4.97. The third kappa shape index (κ3) is 3.47. The number of rotatable bonds is 6. The van der Waals surface area contributed by atoms with Crippen LogP contribution in [0.3, 0.4) is 0 Å². The molecule has 0 saturated carbocycles. The number of aromatic amines is 1. The largest absolute Gasteiger partial charge is 0.466 e. The average molecular weight is 340 g/mol. The number of carbonyl (C=O) groups excluding carboxylic acids is 2. The van der Waals surface area contributed by atoms with E-state index in [0.29, 0.717) is 6.54 Å². The Morgan fingerprint density at radius 3 is 2.80 bits per heavy atom. The Morgan fingerprint density at radius 1 is 1.24 bits per heavy atom. The number of esters is 1. The molecule has 1 aliphatic rings. The van der Waals surface area contributed by atoms with Gasteiger partial charge >= 0.3 is 5.97 Å². The predicted octanol–water partition coefficient (Wildman–Crippen LogP) is 1.94. The number of aromatic nitrogens is 1. The van der Waals surface area contributed by atoms with Crippen molar-refractivity contribution < 1.29 is 14.3 Å². The minimum atomic E-state index is -0.758. The molecule has 0 saturated heterocycles. The number of Topliss-reactive ketones (excluding diaryl/α,β-unsaturated/α-hetero) is 1. The highest BCUT2D eigenvalue weighted by atomic mass is 16.5. The lowest BCUT2D eigenvalue weighted by Gasteiger charge is -2.28. The first kappa shape index (κ1) is 17.0. The normalized spacial score (nSPS) is 14.0. The van der Waals surface area contributed by atoms with E-state index in [1.54, 1.807) is 13.0 Å². The first-order valence-corrected chi connectivity index (χ1v) is 8.34. The molecule has 1 atom stereocenters. The van der Waals surface area contributed by atoms with Crippen LogP contribution >= 0.6 is 0 Å². The summed E-state index contributed by atoms with van der Waals surface area (Å²) in [6, 6.07) is 10.1. The Morgan fingerprint density at radius 2 is 2.04 bits per heavy atom. The number of para-hydroxylation sites is 1. The second kappa shape index (κ2) is 7.34. The first-order chi connectivity index (χ1) is 12.1. The fourth-order valence-electron chi connectivity index (χ4n) is 3.20. The monoisotopic (exact) mass is 340 g/mol. The van der Waals surface area contributed by atoms with E-state index in [1.807, 2.05) is 29.2 Å². The predicted molar refractivity (Wildman–Crippen MR) is 93.9 cm³/mol. The van der Waals surface area contributed by atoms with Gasteiger partial charge in [0.15, 0.2) is 5.78 Å². The van der Waals surface area contributed by atoms with E-state index in [2.05, 4.69) is 4.98 Å². The summed E-state index contributed by atoms with van der Waals surface area (Å²) in [6.07, 6.45) is 2.19. The second-order valence-electron chi connectivity index (χ2n) is 5.87. The number of pyridine rings is 1. The number of hydrogen-bond donors (Lipinski definition) is 1. The van der Waals surface area contributed by atoms with Gasteiger partial charge in [-0.1, -0.05) is 18.2 Å². The van der Waals surface area contributed by atoms with Gasteiger partial charge in [0.25, 0.3) is 5.56 Å². The Bertz CT molecular complexity index is 843. The van der Waals surface area contributed by atoms with Crippen LogP contribution in [0.5, 0.6) is 0 Å². The number of nitrogens with zero attached hydrogens (tertiary/aromatic N) is 1. The van der Waals surface area contributed by atoms with Gasteiger partial charge in [0, 0.05) is 18.4 Å². The molecule has 130 valence electrons. The molecule has 1 aliphatic heterocycles. The zero-order valence-corrected chi connectivity index (χ0v) is 14.0. The van der Waals surface area contributed by atoms with Crippen molar-refractivity contribution in [2.24, 2.45) is 0 Å². The minimum Gasteiger partial charge on any atom is -0.466 e. The SMILES string of the molecule is CCOC(=O)CC(C(=O)c1ccc[nH]c1=O)N1CCc2ccccc21. The van der Waals surface area contributed by atoms with Crippen molar-refractivity contribution in [2.45, 2.75) is 25.8 Å². The Hall–Kier alpha value is -2.89. The number of hydrogen-bond acceptors (Lipinski definition) is 5. The molecule has 0 fully saturated rings. The molecule has 3 rings (SSSR count). The van der Waals surface area contributed by atoms with Crippen LogP contribution < -0.4 is 10.5 Å². The van der Waals surface area contributed by atoms with Crippen LogP contribution in [-0.4, -0.2) is 35.9 Å². The molecule has 25 heavy (non-hydrogen) atoms. The molecule has 0 spiro atoms. The van der Waals surface area contributed by atoms with Gasteiger partial charge in [-0.15, -0.1) is 0 Å². The van der Waals surface area contributed by atoms with E-state index < -0.39 is 17.6 Å². The number of fused-ring (bicyclic) bond motifs is 1. The van der Waals surface area contributed by atoms with Crippen LogP contribution in [-0.2, 0) is 16.0 Å². The van der Waals surface area contributed by atoms with Crippen molar-refractivity contribution >= 4 is 17.4 Å². The molecule has 0 amide bonds. The molecule has 0 radical (unpaired) electrons. The Labute approximate surface area is 145 Å². The summed E-state index contributed by atoms with van der Waals surface area (Å²) >= 11 is 0. The zero-order chi connectivity index (χ0) is 17.8. The molecule has 1 aromatic carbocycles. The molecule has 2 aromatic rings. The number of ether oxygens (including phenoxy) is 1. The van der Waals surface area contributed by atoms with E-state index in [4.69, 9.17) is 4.74 Å². The van der Waals surface area contributed by atoms with Gasteiger partial charge in [0.2, 0.25) is 0 Å².